The maximum atomic E-state index is 12.5. The van der Waals surface area contributed by atoms with Crippen molar-refractivity contribution >= 4 is 5.91 Å². The number of nitrogens with one attached hydrogen (secondary N) is 2. The number of hydrogen-bond acceptors (Lipinski definition) is 2. The van der Waals surface area contributed by atoms with Gasteiger partial charge in [0, 0.05) is 12.6 Å². The van der Waals surface area contributed by atoms with Crippen LogP contribution in [-0.2, 0) is 4.79 Å². The molecule has 2 N–H and O–H groups in total. The topological polar surface area (TPSA) is 41.1 Å². The second kappa shape index (κ2) is 4.27. The van der Waals surface area contributed by atoms with Crippen LogP contribution in [0.1, 0.15) is 45.4 Å². The minimum absolute atomic E-state index is 0.109. The van der Waals surface area contributed by atoms with Crippen LogP contribution in [-0.4, -0.2) is 25.0 Å². The fourth-order valence-electron chi connectivity index (χ4n) is 3.24. The molecule has 17 heavy (non-hydrogen) atoms. The lowest BCUT2D eigenvalue weighted by Gasteiger charge is -2.29. The summed E-state index contributed by atoms with van der Waals surface area (Å²) < 4.78 is 0. The van der Waals surface area contributed by atoms with Gasteiger partial charge in [0.2, 0.25) is 5.91 Å². The summed E-state index contributed by atoms with van der Waals surface area (Å²) in [6.07, 6.45) is 7.31. The Balaban J connectivity index is 1.64. The van der Waals surface area contributed by atoms with Gasteiger partial charge in [-0.15, -0.1) is 0 Å². The van der Waals surface area contributed by atoms with Crippen molar-refractivity contribution in [1.82, 2.24) is 10.6 Å². The number of rotatable bonds is 5. The van der Waals surface area contributed by atoms with Crippen molar-refractivity contribution in [2.75, 3.05) is 13.1 Å². The molecule has 0 aromatic rings. The second-order valence-electron chi connectivity index (χ2n) is 6.23. The summed E-state index contributed by atoms with van der Waals surface area (Å²) in [5, 5.41) is 6.74. The van der Waals surface area contributed by atoms with Gasteiger partial charge in [0.25, 0.3) is 0 Å². The lowest BCUT2D eigenvalue weighted by Crippen LogP contribution is -2.48. The second-order valence-corrected chi connectivity index (χ2v) is 6.23. The molecule has 2 aliphatic carbocycles. The summed E-state index contributed by atoms with van der Waals surface area (Å²) in [4.78, 5) is 12.5. The fourth-order valence-corrected chi connectivity index (χ4v) is 3.24. The molecule has 0 bridgehead atoms. The average Bonchev–Trinajstić information content (AvgIpc) is 3.25. The maximum Gasteiger partial charge on any atom is 0.227 e. The highest BCUT2D eigenvalue weighted by atomic mass is 16.2. The highest BCUT2D eigenvalue weighted by Crippen LogP contribution is 2.45. The van der Waals surface area contributed by atoms with E-state index in [1.165, 1.54) is 25.7 Å². The quantitative estimate of drug-likeness (QED) is 0.762. The molecule has 3 nitrogen and oxygen atoms in total. The lowest BCUT2D eigenvalue weighted by molar-refractivity contribution is -0.131. The molecule has 1 aliphatic heterocycles. The molecule has 0 radical (unpaired) electrons. The summed E-state index contributed by atoms with van der Waals surface area (Å²) in [5.74, 6) is 1.93. The smallest absolute Gasteiger partial charge is 0.227 e. The van der Waals surface area contributed by atoms with Crippen molar-refractivity contribution in [2.24, 2.45) is 17.3 Å². The van der Waals surface area contributed by atoms with Gasteiger partial charge in [-0.25, -0.2) is 0 Å². The molecule has 1 amide bonds. The van der Waals surface area contributed by atoms with Gasteiger partial charge >= 0.3 is 0 Å². The van der Waals surface area contributed by atoms with Gasteiger partial charge in [-0.3, -0.25) is 4.79 Å². The number of carbonyl (C=O) groups is 1. The van der Waals surface area contributed by atoms with Crippen LogP contribution < -0.4 is 10.6 Å². The van der Waals surface area contributed by atoms with E-state index < -0.39 is 0 Å². The Bertz CT molecular complexity index is 289. The van der Waals surface area contributed by atoms with E-state index >= 15 is 0 Å². The summed E-state index contributed by atoms with van der Waals surface area (Å²) in [6, 6.07) is 0.506. The molecule has 0 aromatic heterocycles. The monoisotopic (exact) mass is 236 g/mol. The van der Waals surface area contributed by atoms with Gasteiger partial charge in [0.1, 0.15) is 0 Å². The SMILES string of the molecule is CCC1(C(=O)NC(C2CC2)C2CC2)CCNC1. The van der Waals surface area contributed by atoms with Crippen LogP contribution in [0, 0.1) is 17.3 Å². The minimum Gasteiger partial charge on any atom is -0.352 e. The predicted molar refractivity (Wildman–Crippen MR) is 67.6 cm³/mol. The van der Waals surface area contributed by atoms with E-state index in [0.717, 1.165) is 37.8 Å². The van der Waals surface area contributed by atoms with E-state index in [1.54, 1.807) is 0 Å². The Hall–Kier alpha value is -0.570. The Morgan fingerprint density at radius 3 is 2.41 bits per heavy atom. The number of carbonyl (C=O) groups excluding carboxylic acids is 1. The van der Waals surface area contributed by atoms with Crippen LogP contribution in [0.3, 0.4) is 0 Å². The van der Waals surface area contributed by atoms with Crippen molar-refractivity contribution in [3.8, 4) is 0 Å². The molecule has 0 aromatic carbocycles. The van der Waals surface area contributed by atoms with E-state index in [9.17, 15) is 4.79 Å². The fraction of sp³-hybridized carbons (Fsp3) is 0.929. The van der Waals surface area contributed by atoms with E-state index in [1.807, 2.05) is 0 Å². The molecular weight excluding hydrogens is 212 g/mol. The molecule has 1 unspecified atom stereocenters. The van der Waals surface area contributed by atoms with Crippen LogP contribution in [0.15, 0.2) is 0 Å². The first-order valence-electron chi connectivity index (χ1n) is 7.27. The van der Waals surface area contributed by atoms with Gasteiger partial charge < -0.3 is 10.6 Å². The van der Waals surface area contributed by atoms with Crippen LogP contribution in [0.25, 0.3) is 0 Å². The molecule has 3 rings (SSSR count). The zero-order chi connectivity index (χ0) is 11.9. The maximum absolute atomic E-state index is 12.5. The Kier molecular flexibility index (Phi) is 2.89. The van der Waals surface area contributed by atoms with Gasteiger partial charge in [-0.1, -0.05) is 6.92 Å². The van der Waals surface area contributed by atoms with Crippen molar-refractivity contribution in [3.05, 3.63) is 0 Å². The first-order chi connectivity index (χ1) is 8.25. The molecule has 3 heteroatoms. The van der Waals surface area contributed by atoms with Crippen molar-refractivity contribution in [2.45, 2.75) is 51.5 Å². The molecule has 3 fully saturated rings. The zero-order valence-electron chi connectivity index (χ0n) is 10.8. The molecule has 1 heterocycles. The summed E-state index contributed by atoms with van der Waals surface area (Å²) in [5.41, 5.74) is -0.109. The largest absolute Gasteiger partial charge is 0.352 e. The molecule has 3 aliphatic rings. The van der Waals surface area contributed by atoms with Crippen molar-refractivity contribution < 1.29 is 4.79 Å². The van der Waals surface area contributed by atoms with Gasteiger partial charge in [0.15, 0.2) is 0 Å². The minimum atomic E-state index is -0.109. The van der Waals surface area contributed by atoms with Crippen molar-refractivity contribution in [1.29, 1.82) is 0 Å². The van der Waals surface area contributed by atoms with Gasteiger partial charge in [0.05, 0.1) is 5.41 Å². The highest BCUT2D eigenvalue weighted by molar-refractivity contribution is 5.83. The molecule has 1 atom stereocenters. The van der Waals surface area contributed by atoms with E-state index in [0.29, 0.717) is 11.9 Å². The highest BCUT2D eigenvalue weighted by Gasteiger charge is 2.46. The zero-order valence-corrected chi connectivity index (χ0v) is 10.8. The van der Waals surface area contributed by atoms with Gasteiger partial charge in [-0.2, -0.15) is 0 Å². The standard InChI is InChI=1S/C14H24N2O/c1-2-14(7-8-15-9-14)13(17)16-12(10-3-4-10)11-5-6-11/h10-12,15H,2-9H2,1H3,(H,16,17). The predicted octanol–water partition coefficient (Wildman–Crippen LogP) is 1.68. The molecular formula is C14H24N2O. The summed E-state index contributed by atoms with van der Waals surface area (Å²) in [6.45, 7) is 4.02. The third-order valence-corrected chi connectivity index (χ3v) is 4.96. The first kappa shape index (κ1) is 11.5. The third kappa shape index (κ3) is 2.22. The molecule has 0 spiro atoms. The molecule has 1 saturated heterocycles. The van der Waals surface area contributed by atoms with Crippen LogP contribution in [0.4, 0.5) is 0 Å². The number of hydrogen-bond donors (Lipinski definition) is 2. The first-order valence-corrected chi connectivity index (χ1v) is 7.27. The van der Waals surface area contributed by atoms with Crippen LogP contribution in [0.5, 0.6) is 0 Å². The molecule has 2 saturated carbocycles. The van der Waals surface area contributed by atoms with Crippen LogP contribution >= 0.6 is 0 Å². The Morgan fingerprint density at radius 2 is 2.00 bits per heavy atom. The molecule has 96 valence electrons. The van der Waals surface area contributed by atoms with Gasteiger partial charge in [-0.05, 0) is 56.9 Å². The lowest BCUT2D eigenvalue weighted by atomic mass is 9.83. The Morgan fingerprint density at radius 1 is 1.35 bits per heavy atom. The normalized spacial score (nSPS) is 33.1. The van der Waals surface area contributed by atoms with Crippen LogP contribution in [0.2, 0.25) is 0 Å². The van der Waals surface area contributed by atoms with E-state index in [-0.39, 0.29) is 5.41 Å². The van der Waals surface area contributed by atoms with E-state index in [2.05, 4.69) is 17.6 Å². The number of amides is 1. The average molecular weight is 236 g/mol. The summed E-state index contributed by atoms with van der Waals surface area (Å²) >= 11 is 0. The summed E-state index contributed by atoms with van der Waals surface area (Å²) in [7, 11) is 0. The van der Waals surface area contributed by atoms with E-state index in [4.69, 9.17) is 0 Å². The third-order valence-electron chi connectivity index (χ3n) is 4.96. The Labute approximate surface area is 104 Å². The van der Waals surface area contributed by atoms with Crippen molar-refractivity contribution in [3.63, 3.8) is 0 Å².